The fourth-order valence-corrected chi connectivity index (χ4v) is 0. The highest BCUT2D eigenvalue weighted by Crippen LogP contribution is 1.47. The predicted molar refractivity (Wildman–Crippen MR) is 35.4 cm³/mol. The van der Waals surface area contributed by atoms with Crippen molar-refractivity contribution in [1.29, 1.82) is 0 Å². The Hall–Kier alpha value is 1.02. The molecule has 0 aromatic heterocycles. The fourth-order valence-electron chi connectivity index (χ4n) is 0. The van der Waals surface area contributed by atoms with Gasteiger partial charge in [-0.3, -0.25) is 0 Å². The van der Waals surface area contributed by atoms with Crippen molar-refractivity contribution in [2.75, 3.05) is 21.1 Å². The molecular formula is C3H12ClMgN. The molecule has 0 aromatic rings. The zero-order valence-electron chi connectivity index (χ0n) is 3.86. The Morgan fingerprint density at radius 2 is 1.00 bits per heavy atom. The third-order valence-electron chi connectivity index (χ3n) is 0. The highest BCUT2D eigenvalue weighted by molar-refractivity contribution is 5.85. The van der Waals surface area contributed by atoms with E-state index < -0.39 is 0 Å². The number of hydrogen-bond donors (Lipinski definition) is 0. The summed E-state index contributed by atoms with van der Waals surface area (Å²) in [5.74, 6) is 0. The second-order valence-corrected chi connectivity index (χ2v) is 1.34. The predicted octanol–water partition coefficient (Wildman–Crippen LogP) is -0.317. The van der Waals surface area contributed by atoms with Gasteiger partial charge >= 0.3 is 23.1 Å². The van der Waals surface area contributed by atoms with Crippen molar-refractivity contribution < 1.29 is 0 Å². The maximum Gasteiger partial charge on any atom is 0.316 e. The molecule has 0 amide bonds. The molecule has 0 spiro atoms. The minimum atomic E-state index is 0. The number of halogens is 1. The molecule has 0 atom stereocenters. The molecule has 0 saturated carbocycles. The van der Waals surface area contributed by atoms with Crippen LogP contribution in [0.2, 0.25) is 0 Å². The monoisotopic (exact) mass is 121 g/mol. The Morgan fingerprint density at radius 3 is 1.00 bits per heavy atom. The molecule has 0 aliphatic carbocycles. The first-order chi connectivity index (χ1) is 1.73. The Balaban J connectivity index is -0.0000000450. The molecule has 0 heterocycles. The Morgan fingerprint density at radius 1 is 1.00 bits per heavy atom. The van der Waals surface area contributed by atoms with Gasteiger partial charge in [0.25, 0.3) is 0 Å². The van der Waals surface area contributed by atoms with E-state index in [9.17, 15) is 0 Å². The summed E-state index contributed by atoms with van der Waals surface area (Å²) in [5.41, 5.74) is 0. The van der Waals surface area contributed by atoms with Crippen LogP contribution in [0.25, 0.3) is 0 Å². The third kappa shape index (κ3) is 78.3. The summed E-state index contributed by atoms with van der Waals surface area (Å²) in [4.78, 5) is 2.00. The quantitative estimate of drug-likeness (QED) is 0.398. The molecule has 6 heavy (non-hydrogen) atoms. The zero-order valence-corrected chi connectivity index (χ0v) is 4.67. The topological polar surface area (TPSA) is 3.24 Å². The van der Waals surface area contributed by atoms with Crippen LogP contribution in [0.4, 0.5) is 0 Å². The van der Waals surface area contributed by atoms with Crippen molar-refractivity contribution in [3.05, 3.63) is 0 Å². The second-order valence-electron chi connectivity index (χ2n) is 1.34. The maximum atomic E-state index is 2.00. The fraction of sp³-hybridized carbons (Fsp3) is 1.00. The van der Waals surface area contributed by atoms with E-state index in [1.54, 1.807) is 0 Å². The molecule has 0 aromatic carbocycles. The SMILES string of the molecule is CN(C)C.Cl.[MgH2]. The summed E-state index contributed by atoms with van der Waals surface area (Å²) in [6, 6.07) is 0. The van der Waals surface area contributed by atoms with Crippen molar-refractivity contribution in [1.82, 2.24) is 4.90 Å². The second kappa shape index (κ2) is 9.39. The normalized spacial score (nSPS) is 6.00. The van der Waals surface area contributed by atoms with Gasteiger partial charge in [0.1, 0.15) is 0 Å². The van der Waals surface area contributed by atoms with Crippen LogP contribution in [0.5, 0.6) is 0 Å². The smallest absolute Gasteiger partial charge is 0.312 e. The van der Waals surface area contributed by atoms with Crippen LogP contribution in [-0.2, 0) is 0 Å². The van der Waals surface area contributed by atoms with Crippen molar-refractivity contribution in [3.8, 4) is 0 Å². The molecule has 0 rings (SSSR count). The van der Waals surface area contributed by atoms with Crippen LogP contribution in [0.3, 0.4) is 0 Å². The van der Waals surface area contributed by atoms with Crippen LogP contribution in [0, 0.1) is 0 Å². The van der Waals surface area contributed by atoms with Gasteiger partial charge in [-0.15, -0.1) is 12.4 Å². The van der Waals surface area contributed by atoms with E-state index in [4.69, 9.17) is 0 Å². The van der Waals surface area contributed by atoms with Gasteiger partial charge in [0, 0.05) is 0 Å². The average Bonchev–Trinajstić information content (AvgIpc) is 0.811. The first-order valence-electron chi connectivity index (χ1n) is 1.34. The molecule has 0 aliphatic heterocycles. The van der Waals surface area contributed by atoms with E-state index in [-0.39, 0.29) is 35.5 Å². The van der Waals surface area contributed by atoms with E-state index in [1.807, 2.05) is 26.0 Å². The van der Waals surface area contributed by atoms with Gasteiger partial charge in [0.05, 0.1) is 0 Å². The van der Waals surface area contributed by atoms with Crippen molar-refractivity contribution in [3.63, 3.8) is 0 Å². The average molecular weight is 122 g/mol. The van der Waals surface area contributed by atoms with Gasteiger partial charge in [-0.05, 0) is 21.1 Å². The lowest BCUT2D eigenvalue weighted by Crippen LogP contribution is -1.99. The summed E-state index contributed by atoms with van der Waals surface area (Å²) >= 11 is 0. The molecular weight excluding hydrogens is 110 g/mol. The van der Waals surface area contributed by atoms with E-state index in [0.717, 1.165) is 0 Å². The van der Waals surface area contributed by atoms with Gasteiger partial charge in [-0.1, -0.05) is 0 Å². The number of hydrogen-bond acceptors (Lipinski definition) is 1. The van der Waals surface area contributed by atoms with Crippen LogP contribution in [0.15, 0.2) is 0 Å². The molecule has 3 heteroatoms. The van der Waals surface area contributed by atoms with Gasteiger partial charge < -0.3 is 4.90 Å². The van der Waals surface area contributed by atoms with Crippen molar-refractivity contribution >= 4 is 35.5 Å². The van der Waals surface area contributed by atoms with Crippen LogP contribution in [-0.4, -0.2) is 49.1 Å². The summed E-state index contributed by atoms with van der Waals surface area (Å²) in [7, 11) is 6.00. The summed E-state index contributed by atoms with van der Waals surface area (Å²) < 4.78 is 0. The minimum Gasteiger partial charge on any atom is -0.312 e. The van der Waals surface area contributed by atoms with Gasteiger partial charge in [0.15, 0.2) is 0 Å². The number of rotatable bonds is 0. The zero-order chi connectivity index (χ0) is 3.58. The van der Waals surface area contributed by atoms with Crippen LogP contribution < -0.4 is 0 Å². The van der Waals surface area contributed by atoms with E-state index in [0.29, 0.717) is 0 Å². The lowest BCUT2D eigenvalue weighted by atomic mass is 11.0. The molecule has 1 nitrogen and oxygen atoms in total. The summed E-state index contributed by atoms with van der Waals surface area (Å²) in [6.45, 7) is 0. The maximum absolute atomic E-state index is 2.00. The largest absolute Gasteiger partial charge is 0.316 e. The lowest BCUT2D eigenvalue weighted by Gasteiger charge is -1.90. The van der Waals surface area contributed by atoms with Crippen LogP contribution >= 0.6 is 12.4 Å². The molecule has 0 N–H and O–H groups in total. The van der Waals surface area contributed by atoms with Crippen molar-refractivity contribution in [2.24, 2.45) is 0 Å². The summed E-state index contributed by atoms with van der Waals surface area (Å²) in [5, 5.41) is 0. The summed E-state index contributed by atoms with van der Waals surface area (Å²) in [6.07, 6.45) is 0. The molecule has 0 unspecified atom stereocenters. The third-order valence-corrected chi connectivity index (χ3v) is 0. The molecule has 0 saturated heterocycles. The van der Waals surface area contributed by atoms with E-state index in [2.05, 4.69) is 0 Å². The van der Waals surface area contributed by atoms with Gasteiger partial charge in [0.2, 0.25) is 0 Å². The van der Waals surface area contributed by atoms with Crippen molar-refractivity contribution in [2.45, 2.75) is 0 Å². The molecule has 0 fully saturated rings. The highest BCUT2D eigenvalue weighted by Gasteiger charge is 1.58. The highest BCUT2D eigenvalue weighted by atomic mass is 35.5. The van der Waals surface area contributed by atoms with Gasteiger partial charge in [-0.25, -0.2) is 0 Å². The van der Waals surface area contributed by atoms with Crippen LogP contribution in [0.1, 0.15) is 0 Å². The molecule has 38 valence electrons. The standard InChI is InChI=1S/C3H9N.ClH.Mg.2H/c1-4(2)3;;;;/h1-3H3;1H;;;. The van der Waals surface area contributed by atoms with E-state index >= 15 is 0 Å². The minimum absolute atomic E-state index is 0. The van der Waals surface area contributed by atoms with Gasteiger partial charge in [-0.2, -0.15) is 0 Å². The first-order valence-corrected chi connectivity index (χ1v) is 1.34. The Kier molecular flexibility index (Phi) is 24.6. The molecule has 0 bridgehead atoms. The first kappa shape index (κ1) is 15.7. The lowest BCUT2D eigenvalue weighted by molar-refractivity contribution is 0.505. The molecule has 0 radical (unpaired) electrons. The Bertz CT molecular complexity index is 15.5. The Labute approximate surface area is 61.7 Å². The molecule has 0 aliphatic rings. The number of nitrogens with zero attached hydrogens (tertiary/aromatic N) is 1. The van der Waals surface area contributed by atoms with E-state index in [1.165, 1.54) is 0 Å².